The van der Waals surface area contributed by atoms with Crippen molar-refractivity contribution < 1.29 is 14.3 Å². The molecule has 0 radical (unpaired) electrons. The van der Waals surface area contributed by atoms with Gasteiger partial charge in [-0.1, -0.05) is 19.9 Å². The maximum Gasteiger partial charge on any atom is 0.260 e. The average Bonchev–Trinajstić information content (AvgIpc) is 2.64. The van der Waals surface area contributed by atoms with Crippen LogP contribution in [0.1, 0.15) is 50.7 Å². The summed E-state index contributed by atoms with van der Waals surface area (Å²) in [5.41, 5.74) is 2.37. The lowest BCUT2D eigenvalue weighted by Crippen LogP contribution is -2.48. The van der Waals surface area contributed by atoms with Gasteiger partial charge in [0, 0.05) is 25.0 Å². The molecule has 0 unspecified atom stereocenters. The predicted octanol–water partition coefficient (Wildman–Crippen LogP) is 3.23. The Morgan fingerprint density at radius 1 is 1.15 bits per heavy atom. The minimum atomic E-state index is 0.00741. The monoisotopic (exact) mass is 360 g/mol. The van der Waals surface area contributed by atoms with Crippen LogP contribution in [0.5, 0.6) is 5.75 Å². The van der Waals surface area contributed by atoms with Gasteiger partial charge in [-0.05, 0) is 62.8 Å². The van der Waals surface area contributed by atoms with Crippen LogP contribution in [0.4, 0.5) is 0 Å². The zero-order valence-electron chi connectivity index (χ0n) is 16.5. The van der Waals surface area contributed by atoms with Crippen LogP contribution in [-0.2, 0) is 9.59 Å². The van der Waals surface area contributed by atoms with Gasteiger partial charge in [0.15, 0.2) is 6.61 Å². The zero-order valence-corrected chi connectivity index (χ0v) is 16.5. The van der Waals surface area contributed by atoms with E-state index < -0.39 is 0 Å². The maximum atomic E-state index is 12.4. The van der Waals surface area contributed by atoms with Gasteiger partial charge in [-0.25, -0.2) is 0 Å². The van der Waals surface area contributed by atoms with E-state index in [1.54, 1.807) is 0 Å². The number of hydrogen-bond donors (Lipinski definition) is 1. The number of hydrogen-bond acceptors (Lipinski definition) is 3. The van der Waals surface area contributed by atoms with Gasteiger partial charge in [0.2, 0.25) is 5.91 Å². The fourth-order valence-corrected chi connectivity index (χ4v) is 3.29. The highest BCUT2D eigenvalue weighted by molar-refractivity contribution is 5.79. The van der Waals surface area contributed by atoms with Crippen molar-refractivity contribution in [3.8, 4) is 5.75 Å². The molecule has 1 aromatic rings. The molecular weight excluding hydrogens is 328 g/mol. The van der Waals surface area contributed by atoms with Gasteiger partial charge in [-0.2, -0.15) is 0 Å². The number of amides is 2. The Morgan fingerprint density at radius 2 is 1.81 bits per heavy atom. The van der Waals surface area contributed by atoms with Crippen LogP contribution in [0.3, 0.4) is 0 Å². The number of nitrogens with one attached hydrogen (secondary N) is 1. The van der Waals surface area contributed by atoms with Crippen molar-refractivity contribution in [3.63, 3.8) is 0 Å². The number of nitrogens with zero attached hydrogens (tertiary/aromatic N) is 1. The molecule has 1 saturated heterocycles. The molecule has 1 N–H and O–H groups in total. The van der Waals surface area contributed by atoms with Crippen molar-refractivity contribution >= 4 is 11.8 Å². The van der Waals surface area contributed by atoms with Gasteiger partial charge in [0.25, 0.3) is 5.91 Å². The predicted molar refractivity (Wildman–Crippen MR) is 103 cm³/mol. The van der Waals surface area contributed by atoms with E-state index in [0.717, 1.165) is 37.0 Å². The Kier molecular flexibility index (Phi) is 7.49. The molecule has 0 aromatic heterocycles. The van der Waals surface area contributed by atoms with Crippen molar-refractivity contribution in [2.45, 2.75) is 59.4 Å². The molecule has 5 nitrogen and oxygen atoms in total. The number of ether oxygens (including phenoxy) is 1. The van der Waals surface area contributed by atoms with Gasteiger partial charge in [0.05, 0.1) is 0 Å². The first-order valence-corrected chi connectivity index (χ1v) is 9.72. The Morgan fingerprint density at radius 3 is 2.38 bits per heavy atom. The Balaban J connectivity index is 1.75. The van der Waals surface area contributed by atoms with Gasteiger partial charge < -0.3 is 15.0 Å². The third-order valence-corrected chi connectivity index (χ3v) is 5.39. The summed E-state index contributed by atoms with van der Waals surface area (Å²) in [6, 6.07) is 6.04. The van der Waals surface area contributed by atoms with Crippen molar-refractivity contribution in [2.75, 3.05) is 19.7 Å². The van der Waals surface area contributed by atoms with Crippen LogP contribution >= 0.6 is 0 Å². The van der Waals surface area contributed by atoms with Crippen molar-refractivity contribution in [1.29, 1.82) is 0 Å². The summed E-state index contributed by atoms with van der Waals surface area (Å²) in [5.74, 6) is 0.987. The zero-order chi connectivity index (χ0) is 19.1. The molecule has 1 heterocycles. The number of carbonyl (C=O) groups excluding carboxylic acids is 2. The molecule has 1 aromatic carbocycles. The highest BCUT2D eigenvalue weighted by atomic mass is 16.5. The van der Waals surface area contributed by atoms with Crippen molar-refractivity contribution in [1.82, 2.24) is 10.2 Å². The van der Waals surface area contributed by atoms with Crippen LogP contribution < -0.4 is 10.1 Å². The molecule has 26 heavy (non-hydrogen) atoms. The first-order chi connectivity index (χ1) is 12.4. The van der Waals surface area contributed by atoms with Gasteiger partial charge in [-0.3, -0.25) is 9.59 Å². The normalized spacial score (nSPS) is 15.2. The maximum absolute atomic E-state index is 12.4. The molecule has 2 amide bonds. The summed E-state index contributed by atoms with van der Waals surface area (Å²) in [6.07, 6.45) is 3.35. The van der Waals surface area contributed by atoms with Crippen molar-refractivity contribution in [2.24, 2.45) is 5.92 Å². The summed E-state index contributed by atoms with van der Waals surface area (Å²) < 4.78 is 5.65. The van der Waals surface area contributed by atoms with E-state index in [0.29, 0.717) is 13.1 Å². The van der Waals surface area contributed by atoms with E-state index in [2.05, 4.69) is 12.2 Å². The van der Waals surface area contributed by atoms with Gasteiger partial charge in [0.1, 0.15) is 5.75 Å². The second-order valence-electron chi connectivity index (χ2n) is 7.21. The van der Waals surface area contributed by atoms with E-state index in [-0.39, 0.29) is 30.4 Å². The molecule has 0 bridgehead atoms. The molecule has 0 atom stereocenters. The molecule has 0 aliphatic carbocycles. The Bertz CT molecular complexity index is 618. The highest BCUT2D eigenvalue weighted by Gasteiger charge is 2.25. The molecular formula is C21H32N2O3. The second-order valence-corrected chi connectivity index (χ2v) is 7.21. The van der Waals surface area contributed by atoms with Gasteiger partial charge in [-0.15, -0.1) is 0 Å². The Hall–Kier alpha value is -2.04. The molecule has 0 saturated carbocycles. The summed E-state index contributed by atoms with van der Waals surface area (Å²) in [7, 11) is 0. The SMILES string of the molecule is CCC(CC)C(=O)NC1CCN(C(=O)COc2ccc(C)c(C)c2)CC1. The number of carbonyl (C=O) groups is 2. The van der Waals surface area contributed by atoms with Crippen LogP contribution in [-0.4, -0.2) is 42.5 Å². The minimum absolute atomic E-state index is 0.00741. The number of likely N-dealkylation sites (tertiary alicyclic amines) is 1. The smallest absolute Gasteiger partial charge is 0.260 e. The van der Waals surface area contributed by atoms with Crippen LogP contribution in [0.15, 0.2) is 18.2 Å². The number of piperidine rings is 1. The third-order valence-electron chi connectivity index (χ3n) is 5.39. The molecule has 5 heteroatoms. The first-order valence-electron chi connectivity index (χ1n) is 9.72. The summed E-state index contributed by atoms with van der Waals surface area (Å²) in [6.45, 7) is 9.58. The van der Waals surface area contributed by atoms with E-state index in [1.807, 2.05) is 43.9 Å². The van der Waals surface area contributed by atoms with E-state index in [9.17, 15) is 9.59 Å². The number of rotatable bonds is 7. The van der Waals surface area contributed by atoms with Crippen LogP contribution in [0, 0.1) is 19.8 Å². The summed E-state index contributed by atoms with van der Waals surface area (Å²) in [5, 5.41) is 3.14. The fraction of sp³-hybridized carbons (Fsp3) is 0.619. The first kappa shape index (κ1) is 20.3. The van der Waals surface area contributed by atoms with Crippen LogP contribution in [0.25, 0.3) is 0 Å². The molecule has 0 spiro atoms. The Labute approximate surface area is 157 Å². The largest absolute Gasteiger partial charge is 0.484 e. The summed E-state index contributed by atoms with van der Waals surface area (Å²) in [4.78, 5) is 26.4. The lowest BCUT2D eigenvalue weighted by Gasteiger charge is -2.33. The van der Waals surface area contributed by atoms with Crippen LogP contribution in [0.2, 0.25) is 0 Å². The number of aryl methyl sites for hydroxylation is 2. The minimum Gasteiger partial charge on any atom is -0.484 e. The molecule has 144 valence electrons. The highest BCUT2D eigenvalue weighted by Crippen LogP contribution is 2.17. The third kappa shape index (κ3) is 5.48. The second kappa shape index (κ2) is 9.60. The average molecular weight is 360 g/mol. The fourth-order valence-electron chi connectivity index (χ4n) is 3.29. The summed E-state index contributed by atoms with van der Waals surface area (Å²) >= 11 is 0. The van der Waals surface area contributed by atoms with E-state index >= 15 is 0 Å². The quantitative estimate of drug-likeness (QED) is 0.812. The topological polar surface area (TPSA) is 58.6 Å². The molecule has 2 rings (SSSR count). The standard InChI is InChI=1S/C21H32N2O3/c1-5-17(6-2)21(25)22-18-9-11-23(12-10-18)20(24)14-26-19-8-7-15(3)16(4)13-19/h7-8,13,17-18H,5-6,9-12,14H2,1-4H3,(H,22,25). The molecule has 1 fully saturated rings. The lowest BCUT2D eigenvalue weighted by atomic mass is 10.00. The number of benzene rings is 1. The lowest BCUT2D eigenvalue weighted by molar-refractivity contribution is -0.134. The van der Waals surface area contributed by atoms with E-state index in [1.165, 1.54) is 5.56 Å². The van der Waals surface area contributed by atoms with Crippen molar-refractivity contribution in [3.05, 3.63) is 29.3 Å². The molecule has 1 aliphatic rings. The van der Waals surface area contributed by atoms with E-state index in [4.69, 9.17) is 4.74 Å². The molecule has 1 aliphatic heterocycles. The van der Waals surface area contributed by atoms with Gasteiger partial charge >= 0.3 is 0 Å².